The number of para-hydroxylation sites is 1. The first kappa shape index (κ1) is 21.6. The van der Waals surface area contributed by atoms with Crippen LogP contribution >= 0.6 is 11.6 Å². The first-order valence-corrected chi connectivity index (χ1v) is 10.3. The summed E-state index contributed by atoms with van der Waals surface area (Å²) in [5.74, 6) is -1.45. The summed E-state index contributed by atoms with van der Waals surface area (Å²) in [5.41, 5.74) is 1.25. The van der Waals surface area contributed by atoms with Gasteiger partial charge in [0.15, 0.2) is 5.78 Å². The van der Waals surface area contributed by atoms with Gasteiger partial charge in [-0.05, 0) is 57.1 Å². The van der Waals surface area contributed by atoms with Crippen molar-refractivity contribution in [1.29, 1.82) is 0 Å². The second-order valence-electron chi connectivity index (χ2n) is 9.78. The van der Waals surface area contributed by atoms with Gasteiger partial charge in [-0.15, -0.1) is 0 Å². The predicted molar refractivity (Wildman–Crippen MR) is 111 cm³/mol. The topological polar surface area (TPSA) is 75.7 Å². The Hall–Kier alpha value is -2.08. The second kappa shape index (κ2) is 7.01. The Morgan fingerprint density at radius 3 is 2.34 bits per heavy atom. The van der Waals surface area contributed by atoms with Gasteiger partial charge in [-0.3, -0.25) is 9.59 Å². The van der Waals surface area contributed by atoms with E-state index in [0.29, 0.717) is 5.69 Å². The molecule has 2 fully saturated rings. The van der Waals surface area contributed by atoms with Crippen molar-refractivity contribution in [2.24, 2.45) is 22.7 Å². The van der Waals surface area contributed by atoms with Crippen molar-refractivity contribution in [2.45, 2.75) is 60.0 Å². The molecule has 29 heavy (non-hydrogen) atoms. The lowest BCUT2D eigenvalue weighted by atomic mass is 9.70. The minimum absolute atomic E-state index is 0.0632. The van der Waals surface area contributed by atoms with Gasteiger partial charge in [0.25, 0.3) is 5.91 Å². The van der Waals surface area contributed by atoms with Crippen LogP contribution in [0.5, 0.6) is 0 Å². The summed E-state index contributed by atoms with van der Waals surface area (Å²) in [6.07, 6.45) is 0.791. The lowest BCUT2D eigenvalue weighted by molar-refractivity contribution is -0.138. The van der Waals surface area contributed by atoms with Crippen LogP contribution in [0.4, 0.5) is 10.5 Å². The van der Waals surface area contributed by atoms with Crippen LogP contribution in [0.25, 0.3) is 0 Å². The summed E-state index contributed by atoms with van der Waals surface area (Å²) >= 11 is 6.31. The maximum atomic E-state index is 13.6. The number of carbonyl (C=O) groups is 3. The molecule has 2 bridgehead atoms. The number of hydrogen-bond donors (Lipinski definition) is 1. The van der Waals surface area contributed by atoms with Crippen molar-refractivity contribution >= 4 is 35.1 Å². The Kier molecular flexibility index (Phi) is 5.23. The maximum Gasteiger partial charge on any atom is 0.427 e. The van der Waals surface area contributed by atoms with Crippen LogP contribution in [0.15, 0.2) is 24.3 Å². The number of Topliss-reactive ketones (excluding diaryl/α,β-unsaturated/α-hetero) is 1. The van der Waals surface area contributed by atoms with E-state index in [1.807, 2.05) is 6.92 Å². The third-order valence-corrected chi connectivity index (χ3v) is 7.03. The van der Waals surface area contributed by atoms with E-state index in [2.05, 4.69) is 19.3 Å². The van der Waals surface area contributed by atoms with Crippen LogP contribution in [-0.2, 0) is 14.3 Å². The number of halogens is 1. The second-order valence-corrected chi connectivity index (χ2v) is 10.2. The number of fused-ring (bicyclic) bond motifs is 2. The Morgan fingerprint density at radius 1 is 1.21 bits per heavy atom. The molecule has 1 aromatic rings. The molecule has 0 aromatic heterocycles. The highest BCUT2D eigenvalue weighted by Crippen LogP contribution is 2.66. The summed E-state index contributed by atoms with van der Waals surface area (Å²) in [4.78, 5) is 39.3. The molecule has 2 aliphatic rings. The average molecular weight is 421 g/mol. The predicted octanol–water partition coefficient (Wildman–Crippen LogP) is 4.75. The van der Waals surface area contributed by atoms with Gasteiger partial charge in [-0.1, -0.05) is 44.5 Å². The third-order valence-electron chi connectivity index (χ3n) is 6.71. The molecule has 2 aliphatic carbocycles. The van der Waals surface area contributed by atoms with E-state index in [0.717, 1.165) is 17.9 Å². The van der Waals surface area contributed by atoms with Gasteiger partial charge in [-0.25, -0.2) is 15.2 Å². The fourth-order valence-corrected chi connectivity index (χ4v) is 4.99. The molecule has 3 rings (SSSR count). The van der Waals surface area contributed by atoms with Gasteiger partial charge in [0.05, 0.1) is 10.7 Å². The summed E-state index contributed by atoms with van der Waals surface area (Å²) in [6, 6.07) is 6.70. The fraction of sp³-hybridized carbons (Fsp3) is 0.591. The molecular weight excluding hydrogens is 392 g/mol. The minimum atomic E-state index is -0.824. The lowest BCUT2D eigenvalue weighted by Crippen LogP contribution is -2.53. The Bertz CT molecular complexity index is 861. The minimum Gasteiger partial charge on any atom is -0.443 e. The molecule has 1 unspecified atom stereocenters. The quantitative estimate of drug-likeness (QED) is 0.553. The number of amides is 2. The van der Waals surface area contributed by atoms with Crippen LogP contribution in [0.3, 0.4) is 0 Å². The van der Waals surface area contributed by atoms with Gasteiger partial charge < -0.3 is 4.74 Å². The van der Waals surface area contributed by atoms with Crippen molar-refractivity contribution in [3.63, 3.8) is 0 Å². The number of ketones is 1. The molecule has 0 saturated heterocycles. The number of rotatable bonds is 2. The van der Waals surface area contributed by atoms with Crippen molar-refractivity contribution in [2.75, 3.05) is 5.01 Å². The van der Waals surface area contributed by atoms with E-state index >= 15 is 0 Å². The maximum absolute atomic E-state index is 13.6. The molecule has 2 amide bonds. The highest BCUT2D eigenvalue weighted by molar-refractivity contribution is 6.34. The van der Waals surface area contributed by atoms with Crippen LogP contribution < -0.4 is 10.4 Å². The smallest absolute Gasteiger partial charge is 0.427 e. The highest BCUT2D eigenvalue weighted by atomic mass is 35.5. The molecule has 0 aliphatic heterocycles. The average Bonchev–Trinajstić information content (AvgIpc) is 2.90. The molecular formula is C22H29ClN2O4. The molecule has 2 saturated carbocycles. The van der Waals surface area contributed by atoms with Crippen LogP contribution in [0.1, 0.15) is 54.4 Å². The van der Waals surface area contributed by atoms with Crippen molar-refractivity contribution in [1.82, 2.24) is 5.43 Å². The fourth-order valence-electron chi connectivity index (χ4n) is 4.77. The van der Waals surface area contributed by atoms with Gasteiger partial charge in [0, 0.05) is 5.41 Å². The van der Waals surface area contributed by atoms with Crippen LogP contribution in [0.2, 0.25) is 5.02 Å². The van der Waals surface area contributed by atoms with E-state index < -0.39 is 28.9 Å². The molecule has 0 heterocycles. The molecule has 0 radical (unpaired) electrons. The number of carbonyl (C=O) groups excluding carboxylic acids is 3. The first-order valence-electron chi connectivity index (χ1n) is 9.92. The number of anilines is 1. The third kappa shape index (κ3) is 3.52. The molecule has 158 valence electrons. The van der Waals surface area contributed by atoms with Crippen LogP contribution in [0, 0.1) is 22.7 Å². The number of nitrogens with one attached hydrogen (secondary N) is 1. The number of benzene rings is 1. The Labute approximate surface area is 176 Å². The van der Waals surface area contributed by atoms with Crippen molar-refractivity contribution < 1.29 is 19.1 Å². The van der Waals surface area contributed by atoms with Gasteiger partial charge in [0.2, 0.25) is 0 Å². The van der Waals surface area contributed by atoms with E-state index in [1.54, 1.807) is 45.0 Å². The number of hydrazine groups is 1. The molecule has 6 nitrogen and oxygen atoms in total. The number of nitrogens with zero attached hydrogens (tertiary/aromatic N) is 1. The number of ether oxygens (including phenoxy) is 1. The zero-order chi connectivity index (χ0) is 21.8. The van der Waals surface area contributed by atoms with E-state index in [1.165, 1.54) is 0 Å². The SMILES string of the molecule is CC(C)(C)OC(=O)NN(C(=O)C1C(=O)[C@]2(C)CC[C@H]1C2(C)C)c1ccccc1Cl. The van der Waals surface area contributed by atoms with Crippen molar-refractivity contribution in [3.05, 3.63) is 29.3 Å². The Balaban J connectivity index is 1.97. The lowest BCUT2D eigenvalue weighted by Gasteiger charge is -2.32. The van der Waals surface area contributed by atoms with Gasteiger partial charge >= 0.3 is 6.09 Å². The summed E-state index contributed by atoms with van der Waals surface area (Å²) < 4.78 is 5.32. The summed E-state index contributed by atoms with van der Waals surface area (Å²) in [6.45, 7) is 11.3. The highest BCUT2D eigenvalue weighted by Gasteiger charge is 2.68. The zero-order valence-corrected chi connectivity index (χ0v) is 18.6. The Morgan fingerprint density at radius 2 is 1.83 bits per heavy atom. The van der Waals surface area contributed by atoms with E-state index in [-0.39, 0.29) is 22.1 Å². The van der Waals surface area contributed by atoms with E-state index in [9.17, 15) is 14.4 Å². The largest absolute Gasteiger partial charge is 0.443 e. The normalized spacial score (nSPS) is 27.6. The van der Waals surface area contributed by atoms with E-state index in [4.69, 9.17) is 16.3 Å². The summed E-state index contributed by atoms with van der Waals surface area (Å²) in [7, 11) is 0. The monoisotopic (exact) mass is 420 g/mol. The van der Waals surface area contributed by atoms with Gasteiger partial charge in [-0.2, -0.15) is 0 Å². The molecule has 1 aromatic carbocycles. The van der Waals surface area contributed by atoms with Gasteiger partial charge in [0.1, 0.15) is 11.5 Å². The van der Waals surface area contributed by atoms with Crippen molar-refractivity contribution in [3.8, 4) is 0 Å². The van der Waals surface area contributed by atoms with Crippen LogP contribution in [-0.4, -0.2) is 23.4 Å². The molecule has 3 atom stereocenters. The summed E-state index contributed by atoms with van der Waals surface area (Å²) in [5, 5.41) is 1.37. The molecule has 7 heteroatoms. The standard InChI is InChI=1S/C22H29ClN2O4/c1-20(2,3)29-19(28)24-25(15-10-8-7-9-14(15)23)18(27)16-13-11-12-22(6,17(16)26)21(13,4)5/h7-10,13,16H,11-12H2,1-6H3,(H,24,28)/t13-,16?,22+/m1/s1. The molecule has 0 spiro atoms. The molecule has 1 N–H and O–H groups in total. The zero-order valence-electron chi connectivity index (χ0n) is 17.8. The number of hydrogen-bond acceptors (Lipinski definition) is 4. The first-order chi connectivity index (χ1) is 13.3.